The van der Waals surface area contributed by atoms with Crippen LogP contribution in [0.1, 0.15) is 0 Å². The van der Waals surface area contributed by atoms with Crippen LogP contribution in [0.4, 0.5) is 0 Å². The molecule has 0 bridgehead atoms. The van der Waals surface area contributed by atoms with Crippen molar-refractivity contribution < 1.29 is 0 Å². The molecule has 2 N–H and O–H groups in total. The minimum absolute atomic E-state index is 0.273. The fraction of sp³-hybridized carbons (Fsp3) is 1.00. The second kappa shape index (κ2) is 5.16. The molecule has 90 valence electrons. The lowest BCUT2D eigenvalue weighted by molar-refractivity contribution is 0.167. The highest BCUT2D eigenvalue weighted by atomic mass is 28.4. The summed E-state index contributed by atoms with van der Waals surface area (Å²) < 4.78 is 14.7. The van der Waals surface area contributed by atoms with Gasteiger partial charge in [-0.1, -0.05) is 0 Å². The van der Waals surface area contributed by atoms with Crippen molar-refractivity contribution >= 4 is 28.4 Å². The van der Waals surface area contributed by atoms with Crippen molar-refractivity contribution in [3.05, 3.63) is 0 Å². The quantitative estimate of drug-likeness (QED) is 0.516. The maximum Gasteiger partial charge on any atom is 0.374 e. The average molecular weight is 265 g/mol. The SMILES string of the molecule is CN(C)N1[SiH2]N[SiH2]N[Si]1(N(C)C)N(C)C. The molecule has 6 nitrogen and oxygen atoms in total. The van der Waals surface area contributed by atoms with Gasteiger partial charge in [0.25, 0.3) is 0 Å². The lowest BCUT2D eigenvalue weighted by atomic mass is 11.2. The van der Waals surface area contributed by atoms with Gasteiger partial charge in [-0.05, 0) is 28.2 Å². The van der Waals surface area contributed by atoms with Crippen LogP contribution < -0.4 is 9.30 Å². The normalized spacial score (nSPS) is 26.2. The molecule has 0 unspecified atom stereocenters. The van der Waals surface area contributed by atoms with Crippen molar-refractivity contribution in [2.24, 2.45) is 0 Å². The summed E-state index contributed by atoms with van der Waals surface area (Å²) in [7, 11) is 10.6. The maximum atomic E-state index is 3.80. The van der Waals surface area contributed by atoms with E-state index in [0.717, 1.165) is 0 Å². The van der Waals surface area contributed by atoms with Gasteiger partial charge in [0.15, 0.2) is 19.7 Å². The Hall–Kier alpha value is 0.411. The van der Waals surface area contributed by atoms with Crippen LogP contribution in [0.5, 0.6) is 0 Å². The van der Waals surface area contributed by atoms with Crippen molar-refractivity contribution in [1.29, 1.82) is 0 Å². The fourth-order valence-corrected chi connectivity index (χ4v) is 16.4. The van der Waals surface area contributed by atoms with Gasteiger partial charge in [0.1, 0.15) is 0 Å². The van der Waals surface area contributed by atoms with Gasteiger partial charge < -0.3 is 9.30 Å². The third-order valence-corrected chi connectivity index (χ3v) is 13.6. The molecule has 1 saturated heterocycles. The van der Waals surface area contributed by atoms with Crippen molar-refractivity contribution in [2.75, 3.05) is 42.3 Å². The Morgan fingerprint density at radius 2 is 1.53 bits per heavy atom. The first kappa shape index (κ1) is 13.5. The van der Waals surface area contributed by atoms with Crippen molar-refractivity contribution in [3.63, 3.8) is 0 Å². The van der Waals surface area contributed by atoms with Crippen LogP contribution in [0.2, 0.25) is 0 Å². The summed E-state index contributed by atoms with van der Waals surface area (Å²) in [6, 6.07) is 0. The van der Waals surface area contributed by atoms with E-state index in [1.54, 1.807) is 0 Å². The largest absolute Gasteiger partial charge is 0.374 e. The molecule has 0 aromatic heterocycles. The summed E-state index contributed by atoms with van der Waals surface area (Å²) in [5.74, 6) is 0. The predicted octanol–water partition coefficient (Wildman–Crippen LogP) is -3.49. The second-order valence-corrected chi connectivity index (χ2v) is 13.3. The Morgan fingerprint density at radius 3 is 1.87 bits per heavy atom. The Labute approximate surface area is 98.8 Å². The number of rotatable bonds is 3. The molecule has 0 aliphatic carbocycles. The molecule has 0 aromatic carbocycles. The van der Waals surface area contributed by atoms with E-state index in [0.29, 0.717) is 0 Å². The van der Waals surface area contributed by atoms with E-state index in [1.807, 2.05) is 0 Å². The topological polar surface area (TPSA) is 37.0 Å². The minimum atomic E-state index is -1.79. The third kappa shape index (κ3) is 2.40. The van der Waals surface area contributed by atoms with Gasteiger partial charge in [0.2, 0.25) is 0 Å². The Kier molecular flexibility index (Phi) is 4.64. The molecular formula is C6H24N6Si3. The van der Waals surface area contributed by atoms with E-state index in [4.69, 9.17) is 0 Å². The first-order valence-electron chi connectivity index (χ1n) is 5.18. The van der Waals surface area contributed by atoms with Crippen molar-refractivity contribution in [1.82, 2.24) is 27.8 Å². The van der Waals surface area contributed by atoms with Gasteiger partial charge >= 0.3 is 8.72 Å². The van der Waals surface area contributed by atoms with E-state index in [1.165, 1.54) is 0 Å². The van der Waals surface area contributed by atoms with Crippen molar-refractivity contribution in [2.45, 2.75) is 0 Å². The van der Waals surface area contributed by atoms with Gasteiger partial charge in [-0.25, -0.2) is 4.34 Å². The number of hydrogen-bond donors (Lipinski definition) is 2. The van der Waals surface area contributed by atoms with E-state index in [9.17, 15) is 0 Å². The summed E-state index contributed by atoms with van der Waals surface area (Å²) in [6.45, 7) is 0. The first-order valence-corrected chi connectivity index (χ1v) is 9.78. The molecule has 0 amide bonds. The zero-order chi connectivity index (χ0) is 11.6. The van der Waals surface area contributed by atoms with Gasteiger partial charge in [-0.15, -0.1) is 0 Å². The lowest BCUT2D eigenvalue weighted by Crippen LogP contribution is -2.87. The number of hydrogen-bond acceptors (Lipinski definition) is 6. The smallest absolute Gasteiger partial charge is 0.345 e. The van der Waals surface area contributed by atoms with Crippen LogP contribution in [0, 0.1) is 0 Å². The lowest BCUT2D eigenvalue weighted by Gasteiger charge is -2.53. The highest BCUT2D eigenvalue weighted by Gasteiger charge is 2.49. The van der Waals surface area contributed by atoms with Crippen LogP contribution in [-0.4, -0.2) is 89.2 Å². The van der Waals surface area contributed by atoms with Gasteiger partial charge in [0, 0.05) is 14.1 Å². The van der Waals surface area contributed by atoms with Gasteiger partial charge in [0.05, 0.1) is 0 Å². The Morgan fingerprint density at radius 1 is 1.00 bits per heavy atom. The third-order valence-electron chi connectivity index (χ3n) is 2.80. The molecule has 0 radical (unpaired) electrons. The van der Waals surface area contributed by atoms with Crippen LogP contribution in [0.25, 0.3) is 0 Å². The van der Waals surface area contributed by atoms with E-state index < -0.39 is 8.72 Å². The van der Waals surface area contributed by atoms with Gasteiger partial charge in [-0.2, -0.15) is 0 Å². The van der Waals surface area contributed by atoms with Crippen LogP contribution in [-0.2, 0) is 0 Å². The molecule has 0 saturated carbocycles. The molecular weight excluding hydrogens is 240 g/mol. The summed E-state index contributed by atoms with van der Waals surface area (Å²) in [6.07, 6.45) is 0. The number of nitrogens with zero attached hydrogens (tertiary/aromatic N) is 4. The monoisotopic (exact) mass is 264 g/mol. The van der Waals surface area contributed by atoms with Crippen LogP contribution in [0.3, 0.4) is 0 Å². The number of hydrazine groups is 1. The second-order valence-electron chi connectivity index (χ2n) is 4.43. The molecule has 0 spiro atoms. The molecule has 1 heterocycles. The molecule has 1 aliphatic heterocycles. The fourth-order valence-electron chi connectivity index (χ4n) is 2.14. The average Bonchev–Trinajstić information content (AvgIpc) is 2.16. The maximum absolute atomic E-state index is 3.80. The molecule has 1 rings (SSSR count). The Balaban J connectivity index is 2.99. The molecule has 1 aliphatic rings. The summed E-state index contributed by atoms with van der Waals surface area (Å²) in [4.78, 5) is 0. The van der Waals surface area contributed by atoms with Gasteiger partial charge in [-0.3, -0.25) is 14.1 Å². The van der Waals surface area contributed by atoms with Crippen molar-refractivity contribution in [3.8, 4) is 0 Å². The zero-order valence-electron chi connectivity index (χ0n) is 10.7. The predicted molar refractivity (Wildman–Crippen MR) is 72.0 cm³/mol. The standard InChI is InChI=1S/C6H24N6Si3/c1-9(2)12-14-7-13-8-15(12,10(3)4)11(5)6/h7-8H,13-14H2,1-6H3. The highest BCUT2D eigenvalue weighted by molar-refractivity contribution is 6.83. The molecule has 0 atom stereocenters. The van der Waals surface area contributed by atoms with E-state index >= 15 is 0 Å². The molecule has 15 heavy (non-hydrogen) atoms. The molecule has 9 heteroatoms. The molecule has 1 fully saturated rings. The molecule has 0 aromatic rings. The van der Waals surface area contributed by atoms with E-state index in [2.05, 4.69) is 70.1 Å². The van der Waals surface area contributed by atoms with E-state index in [-0.39, 0.29) is 19.7 Å². The summed E-state index contributed by atoms with van der Waals surface area (Å²) in [5.41, 5.74) is 0. The first-order chi connectivity index (χ1) is 6.93. The highest BCUT2D eigenvalue weighted by Crippen LogP contribution is 2.13. The minimum Gasteiger partial charge on any atom is -0.345 e. The van der Waals surface area contributed by atoms with Crippen LogP contribution in [0.15, 0.2) is 0 Å². The zero-order valence-corrected chi connectivity index (χ0v) is 14.5. The summed E-state index contributed by atoms with van der Waals surface area (Å²) in [5, 5.41) is 2.24. The van der Waals surface area contributed by atoms with Crippen LogP contribution >= 0.6 is 0 Å². The summed E-state index contributed by atoms with van der Waals surface area (Å²) >= 11 is 0. The number of nitrogens with one attached hydrogen (secondary N) is 2. The Bertz CT molecular complexity index is 203.